The molecule has 3 aliphatic carbocycles. The van der Waals surface area contributed by atoms with Gasteiger partial charge in [-0.05, 0) is 42.5 Å². The molecule has 100 valence electrons. The molecule has 4 aliphatic rings. The quantitative estimate of drug-likeness (QED) is 0.719. The average Bonchev–Trinajstić information content (AvgIpc) is 2.76. The molecule has 1 aromatic rings. The molecular formula is C16H21BO2. The summed E-state index contributed by atoms with van der Waals surface area (Å²) in [5.41, 5.74) is 1.46. The van der Waals surface area contributed by atoms with Crippen LogP contribution >= 0.6 is 0 Å². The van der Waals surface area contributed by atoms with Crippen molar-refractivity contribution < 1.29 is 9.31 Å². The van der Waals surface area contributed by atoms with Gasteiger partial charge in [-0.2, -0.15) is 0 Å². The fraction of sp³-hybridized carbons (Fsp3) is 0.625. The molecule has 0 N–H and O–H groups in total. The first-order valence-electron chi connectivity index (χ1n) is 7.40. The zero-order valence-corrected chi connectivity index (χ0v) is 11.9. The Morgan fingerprint density at radius 1 is 1.11 bits per heavy atom. The van der Waals surface area contributed by atoms with E-state index in [2.05, 4.69) is 45.0 Å². The predicted octanol–water partition coefficient (Wildman–Crippen LogP) is 2.62. The van der Waals surface area contributed by atoms with Crippen LogP contribution in [0, 0.1) is 17.3 Å². The van der Waals surface area contributed by atoms with Crippen molar-refractivity contribution in [2.24, 2.45) is 17.3 Å². The summed E-state index contributed by atoms with van der Waals surface area (Å²) < 4.78 is 12.6. The second-order valence-electron chi connectivity index (χ2n) is 7.21. The lowest BCUT2D eigenvalue weighted by Crippen LogP contribution is -2.65. The zero-order chi connectivity index (χ0) is 13.3. The molecule has 19 heavy (non-hydrogen) atoms. The third-order valence-electron chi connectivity index (χ3n) is 6.02. The van der Waals surface area contributed by atoms with Crippen LogP contribution in [0.15, 0.2) is 30.3 Å². The molecule has 3 saturated carbocycles. The van der Waals surface area contributed by atoms with Gasteiger partial charge < -0.3 is 9.31 Å². The van der Waals surface area contributed by atoms with Crippen molar-refractivity contribution in [3.05, 3.63) is 30.3 Å². The highest BCUT2D eigenvalue weighted by Crippen LogP contribution is 2.65. The van der Waals surface area contributed by atoms with Crippen molar-refractivity contribution in [1.82, 2.24) is 0 Å². The van der Waals surface area contributed by atoms with E-state index in [0.29, 0.717) is 11.3 Å². The third kappa shape index (κ3) is 1.46. The van der Waals surface area contributed by atoms with Crippen molar-refractivity contribution >= 4 is 12.6 Å². The molecule has 3 heteroatoms. The van der Waals surface area contributed by atoms with Gasteiger partial charge in [-0.15, -0.1) is 0 Å². The Kier molecular flexibility index (Phi) is 2.30. The Morgan fingerprint density at radius 3 is 2.53 bits per heavy atom. The van der Waals surface area contributed by atoms with Crippen molar-refractivity contribution in [2.45, 2.75) is 45.3 Å². The molecule has 4 atom stereocenters. The number of hydrogen-bond acceptors (Lipinski definition) is 2. The van der Waals surface area contributed by atoms with Crippen molar-refractivity contribution in [3.8, 4) is 0 Å². The Morgan fingerprint density at radius 2 is 1.84 bits per heavy atom. The molecule has 0 aromatic heterocycles. The van der Waals surface area contributed by atoms with E-state index in [1.54, 1.807) is 0 Å². The van der Waals surface area contributed by atoms with Crippen LogP contribution in [0.3, 0.4) is 0 Å². The minimum atomic E-state index is -0.175. The second kappa shape index (κ2) is 3.65. The van der Waals surface area contributed by atoms with Gasteiger partial charge in [0.05, 0.1) is 11.7 Å². The van der Waals surface area contributed by atoms with Crippen LogP contribution in [0.4, 0.5) is 0 Å². The topological polar surface area (TPSA) is 18.5 Å². The third-order valence-corrected chi connectivity index (χ3v) is 6.02. The highest BCUT2D eigenvalue weighted by Gasteiger charge is 2.67. The van der Waals surface area contributed by atoms with Crippen LogP contribution in [0.2, 0.25) is 0 Å². The summed E-state index contributed by atoms with van der Waals surface area (Å²) >= 11 is 0. The molecule has 2 bridgehead atoms. The molecule has 0 radical (unpaired) electrons. The highest BCUT2D eigenvalue weighted by atomic mass is 16.7. The fourth-order valence-electron chi connectivity index (χ4n) is 4.62. The summed E-state index contributed by atoms with van der Waals surface area (Å²) in [7, 11) is -0.175. The first kappa shape index (κ1) is 12.0. The van der Waals surface area contributed by atoms with Gasteiger partial charge in [0.15, 0.2) is 0 Å². The lowest BCUT2D eigenvalue weighted by molar-refractivity contribution is -0.199. The smallest absolute Gasteiger partial charge is 0.402 e. The molecule has 0 unspecified atom stereocenters. The normalized spacial score (nSPS) is 42.7. The molecule has 1 aliphatic heterocycles. The average molecular weight is 256 g/mol. The molecule has 0 amide bonds. The van der Waals surface area contributed by atoms with Crippen LogP contribution in [-0.4, -0.2) is 18.8 Å². The van der Waals surface area contributed by atoms with E-state index in [-0.39, 0.29) is 18.8 Å². The minimum Gasteiger partial charge on any atom is -0.402 e. The van der Waals surface area contributed by atoms with Crippen molar-refractivity contribution in [1.29, 1.82) is 0 Å². The summed E-state index contributed by atoms with van der Waals surface area (Å²) in [6.45, 7) is 7.06. The van der Waals surface area contributed by atoms with Gasteiger partial charge in [0.25, 0.3) is 0 Å². The van der Waals surface area contributed by atoms with Crippen LogP contribution in [0.25, 0.3) is 0 Å². The molecular weight excluding hydrogens is 235 g/mol. The largest absolute Gasteiger partial charge is 0.494 e. The summed E-state index contributed by atoms with van der Waals surface area (Å²) in [4.78, 5) is 0. The number of benzene rings is 1. The van der Waals surface area contributed by atoms with Gasteiger partial charge in [-0.25, -0.2) is 0 Å². The maximum absolute atomic E-state index is 6.40. The van der Waals surface area contributed by atoms with Crippen LogP contribution in [0.5, 0.6) is 0 Å². The van der Waals surface area contributed by atoms with E-state index in [1.807, 2.05) is 6.07 Å². The van der Waals surface area contributed by atoms with Crippen molar-refractivity contribution in [2.75, 3.05) is 0 Å². The van der Waals surface area contributed by atoms with E-state index >= 15 is 0 Å². The maximum atomic E-state index is 6.40. The van der Waals surface area contributed by atoms with Crippen LogP contribution in [0.1, 0.15) is 33.6 Å². The Balaban J connectivity index is 1.64. The van der Waals surface area contributed by atoms with Gasteiger partial charge in [0.1, 0.15) is 0 Å². The number of hydrogen-bond donors (Lipinski definition) is 0. The Labute approximate surface area is 115 Å². The summed E-state index contributed by atoms with van der Waals surface area (Å²) in [5, 5.41) is 0. The van der Waals surface area contributed by atoms with Gasteiger partial charge >= 0.3 is 7.12 Å². The maximum Gasteiger partial charge on any atom is 0.494 e. The van der Waals surface area contributed by atoms with E-state index < -0.39 is 0 Å². The van der Waals surface area contributed by atoms with Gasteiger partial charge in [0.2, 0.25) is 0 Å². The highest BCUT2D eigenvalue weighted by molar-refractivity contribution is 6.62. The molecule has 4 fully saturated rings. The first-order chi connectivity index (χ1) is 9.02. The summed E-state index contributed by atoms with van der Waals surface area (Å²) in [6.07, 6.45) is 2.74. The molecule has 0 spiro atoms. The van der Waals surface area contributed by atoms with Gasteiger partial charge in [-0.3, -0.25) is 0 Å². The molecule has 1 saturated heterocycles. The molecule has 5 rings (SSSR count). The van der Waals surface area contributed by atoms with E-state index in [4.69, 9.17) is 9.31 Å². The number of rotatable bonds is 1. The van der Waals surface area contributed by atoms with Crippen LogP contribution < -0.4 is 5.46 Å². The Hall–Kier alpha value is -0.795. The summed E-state index contributed by atoms with van der Waals surface area (Å²) in [6, 6.07) is 10.3. The predicted molar refractivity (Wildman–Crippen MR) is 76.2 cm³/mol. The van der Waals surface area contributed by atoms with E-state index in [0.717, 1.165) is 17.8 Å². The van der Waals surface area contributed by atoms with Gasteiger partial charge in [0, 0.05) is 0 Å². The van der Waals surface area contributed by atoms with Crippen LogP contribution in [-0.2, 0) is 9.31 Å². The minimum absolute atomic E-state index is 0.0985. The second-order valence-corrected chi connectivity index (χ2v) is 7.21. The molecule has 2 nitrogen and oxygen atoms in total. The SMILES string of the molecule is CC1(C)[C@H]2C[C@H]3OB(c4ccccc4)O[C@]3(C)[C@H]1C2. The van der Waals surface area contributed by atoms with E-state index in [1.165, 1.54) is 6.42 Å². The standard InChI is InChI=1S/C16H21BO2/c1-15(2)11-9-13(15)16(3)14(10-11)18-17(19-16)12-7-5-4-6-8-12/h4-8,11,13-14H,9-10H2,1-3H3/t11-,13+,14-,16-/m1/s1. The Bertz CT molecular complexity index is 501. The molecule has 1 heterocycles. The molecule has 1 aromatic carbocycles. The summed E-state index contributed by atoms with van der Waals surface area (Å²) in [5.74, 6) is 1.45. The fourth-order valence-corrected chi connectivity index (χ4v) is 4.62. The van der Waals surface area contributed by atoms with Crippen molar-refractivity contribution in [3.63, 3.8) is 0 Å². The lowest BCUT2D eigenvalue weighted by Gasteiger charge is -2.64. The first-order valence-corrected chi connectivity index (χ1v) is 7.40. The zero-order valence-electron chi connectivity index (χ0n) is 11.9. The lowest BCUT2D eigenvalue weighted by atomic mass is 9.43. The van der Waals surface area contributed by atoms with Gasteiger partial charge in [-0.1, -0.05) is 44.2 Å². The monoisotopic (exact) mass is 256 g/mol. The van der Waals surface area contributed by atoms with E-state index in [9.17, 15) is 0 Å².